The van der Waals surface area contributed by atoms with E-state index in [1.54, 1.807) is 0 Å². The van der Waals surface area contributed by atoms with Crippen LogP contribution in [0.25, 0.3) is 0 Å². The number of thiocarbonyl (C=S) groups is 1. The van der Waals surface area contributed by atoms with E-state index in [4.69, 9.17) is 29.6 Å². The lowest BCUT2D eigenvalue weighted by molar-refractivity contribution is 1.15. The fourth-order valence-electron chi connectivity index (χ4n) is 1.86. The van der Waals surface area contributed by atoms with Crippen LogP contribution in [0.2, 0.25) is 5.02 Å². The fourth-order valence-corrected chi connectivity index (χ4v) is 2.21. The van der Waals surface area contributed by atoms with Crippen LogP contribution in [0.4, 0.5) is 5.69 Å². The molecular formula is C15H15ClN2S. The van der Waals surface area contributed by atoms with Gasteiger partial charge in [-0.15, -0.1) is 0 Å². The highest BCUT2D eigenvalue weighted by atomic mass is 35.5. The van der Waals surface area contributed by atoms with Crippen molar-refractivity contribution >= 4 is 34.5 Å². The van der Waals surface area contributed by atoms with E-state index in [0.717, 1.165) is 28.4 Å². The van der Waals surface area contributed by atoms with Gasteiger partial charge in [-0.2, -0.15) is 0 Å². The Hall–Kier alpha value is -1.58. The van der Waals surface area contributed by atoms with Crippen LogP contribution in [-0.4, -0.2) is 4.99 Å². The summed E-state index contributed by atoms with van der Waals surface area (Å²) in [6.45, 7) is 2.75. The van der Waals surface area contributed by atoms with Gasteiger partial charge in [-0.3, -0.25) is 0 Å². The molecule has 0 amide bonds. The summed E-state index contributed by atoms with van der Waals surface area (Å²) in [5.74, 6) is 0. The van der Waals surface area contributed by atoms with Crippen LogP contribution in [0, 0.1) is 6.92 Å². The van der Waals surface area contributed by atoms with Gasteiger partial charge in [0.1, 0.15) is 4.99 Å². The summed E-state index contributed by atoms with van der Waals surface area (Å²) in [7, 11) is 0. The van der Waals surface area contributed by atoms with Crippen LogP contribution in [0.3, 0.4) is 0 Å². The van der Waals surface area contributed by atoms with Crippen LogP contribution in [0.15, 0.2) is 42.5 Å². The largest absolute Gasteiger partial charge is 0.389 e. The van der Waals surface area contributed by atoms with Gasteiger partial charge >= 0.3 is 0 Å². The number of rotatable bonds is 4. The van der Waals surface area contributed by atoms with Gasteiger partial charge in [0.2, 0.25) is 0 Å². The maximum absolute atomic E-state index is 5.85. The van der Waals surface area contributed by atoms with Gasteiger partial charge < -0.3 is 11.1 Å². The average molecular weight is 291 g/mol. The lowest BCUT2D eigenvalue weighted by atomic mass is 10.1. The van der Waals surface area contributed by atoms with Crippen LogP contribution in [0.1, 0.15) is 16.7 Å². The standard InChI is InChI=1S/C15H15ClN2S/c1-10-8-13(6-7-14(10)15(17)19)18-9-11-2-4-12(16)5-3-11/h2-8,18H,9H2,1H3,(H2,17,19). The molecule has 2 aromatic rings. The van der Waals surface area contributed by atoms with Crippen molar-refractivity contribution in [2.45, 2.75) is 13.5 Å². The van der Waals surface area contributed by atoms with Crippen LogP contribution in [-0.2, 0) is 6.54 Å². The molecule has 2 rings (SSSR count). The summed E-state index contributed by atoms with van der Waals surface area (Å²) >= 11 is 10.8. The summed E-state index contributed by atoms with van der Waals surface area (Å²) in [6, 6.07) is 13.8. The number of hydrogen-bond acceptors (Lipinski definition) is 2. The monoisotopic (exact) mass is 290 g/mol. The van der Waals surface area contributed by atoms with E-state index in [9.17, 15) is 0 Å². The molecule has 2 aromatic carbocycles. The summed E-state index contributed by atoms with van der Waals surface area (Å²) in [6.07, 6.45) is 0. The predicted molar refractivity (Wildman–Crippen MR) is 85.8 cm³/mol. The Morgan fingerprint density at radius 3 is 2.47 bits per heavy atom. The number of hydrogen-bond donors (Lipinski definition) is 2. The molecule has 0 aliphatic carbocycles. The minimum atomic E-state index is 0.432. The van der Waals surface area contributed by atoms with Crippen molar-refractivity contribution in [1.82, 2.24) is 0 Å². The first kappa shape index (κ1) is 13.8. The number of halogens is 1. The molecule has 0 heterocycles. The topological polar surface area (TPSA) is 38.0 Å². The van der Waals surface area contributed by atoms with E-state index in [1.165, 1.54) is 5.56 Å². The van der Waals surface area contributed by atoms with Crippen LogP contribution < -0.4 is 11.1 Å². The molecule has 0 atom stereocenters. The molecule has 0 saturated heterocycles. The van der Waals surface area contributed by atoms with Gasteiger partial charge in [-0.05, 0) is 48.4 Å². The fraction of sp³-hybridized carbons (Fsp3) is 0.133. The van der Waals surface area contributed by atoms with E-state index in [2.05, 4.69) is 5.32 Å². The second-order valence-corrected chi connectivity index (χ2v) is 5.25. The van der Waals surface area contributed by atoms with Crippen LogP contribution >= 0.6 is 23.8 Å². The Balaban J connectivity index is 2.06. The quantitative estimate of drug-likeness (QED) is 0.839. The van der Waals surface area contributed by atoms with Crippen molar-refractivity contribution in [3.63, 3.8) is 0 Å². The molecule has 0 aromatic heterocycles. The first-order valence-electron chi connectivity index (χ1n) is 5.95. The van der Waals surface area contributed by atoms with Crippen LogP contribution in [0.5, 0.6) is 0 Å². The van der Waals surface area contributed by atoms with Gasteiger partial charge in [-0.25, -0.2) is 0 Å². The zero-order valence-corrected chi connectivity index (χ0v) is 12.2. The third-order valence-electron chi connectivity index (χ3n) is 2.90. The van der Waals surface area contributed by atoms with Gasteiger partial charge in [0.25, 0.3) is 0 Å². The normalized spacial score (nSPS) is 10.2. The molecule has 3 N–H and O–H groups in total. The van der Waals surface area contributed by atoms with E-state index < -0.39 is 0 Å². The van der Waals surface area contributed by atoms with Crippen molar-refractivity contribution < 1.29 is 0 Å². The lowest BCUT2D eigenvalue weighted by Gasteiger charge is -2.10. The molecule has 0 aliphatic heterocycles. The summed E-state index contributed by atoms with van der Waals surface area (Å²) in [4.78, 5) is 0.432. The minimum absolute atomic E-state index is 0.432. The van der Waals surface area contributed by atoms with E-state index in [0.29, 0.717) is 4.99 Å². The summed E-state index contributed by atoms with van der Waals surface area (Å²) < 4.78 is 0. The predicted octanol–water partition coefficient (Wildman–Crippen LogP) is 3.89. The smallest absolute Gasteiger partial charge is 0.104 e. The minimum Gasteiger partial charge on any atom is -0.389 e. The van der Waals surface area contributed by atoms with Crippen molar-refractivity contribution in [2.75, 3.05) is 5.32 Å². The molecule has 0 fully saturated rings. The molecule has 0 aliphatic rings. The Morgan fingerprint density at radius 1 is 1.21 bits per heavy atom. The molecule has 98 valence electrons. The maximum Gasteiger partial charge on any atom is 0.104 e. The summed E-state index contributed by atoms with van der Waals surface area (Å²) in [5, 5.41) is 4.11. The third kappa shape index (κ3) is 3.69. The zero-order chi connectivity index (χ0) is 13.8. The molecule has 19 heavy (non-hydrogen) atoms. The van der Waals surface area contributed by atoms with Crippen molar-refractivity contribution in [2.24, 2.45) is 5.73 Å². The highest BCUT2D eigenvalue weighted by Gasteiger charge is 2.02. The van der Waals surface area contributed by atoms with Gasteiger partial charge in [-0.1, -0.05) is 36.0 Å². The first-order valence-corrected chi connectivity index (χ1v) is 6.73. The number of benzene rings is 2. The Kier molecular flexibility index (Phi) is 4.40. The second-order valence-electron chi connectivity index (χ2n) is 4.37. The zero-order valence-electron chi connectivity index (χ0n) is 10.6. The highest BCUT2D eigenvalue weighted by Crippen LogP contribution is 2.17. The molecule has 0 bridgehead atoms. The number of nitrogens with two attached hydrogens (primary N) is 1. The van der Waals surface area contributed by atoms with E-state index in [1.807, 2.05) is 49.4 Å². The Morgan fingerprint density at radius 2 is 1.89 bits per heavy atom. The molecule has 0 unspecified atom stereocenters. The number of nitrogens with one attached hydrogen (secondary N) is 1. The first-order chi connectivity index (χ1) is 9.06. The maximum atomic E-state index is 5.85. The number of anilines is 1. The van der Waals surface area contributed by atoms with Gasteiger partial charge in [0.15, 0.2) is 0 Å². The van der Waals surface area contributed by atoms with Gasteiger partial charge in [0, 0.05) is 22.8 Å². The third-order valence-corrected chi connectivity index (χ3v) is 3.37. The van der Waals surface area contributed by atoms with E-state index in [-0.39, 0.29) is 0 Å². The Bertz CT molecular complexity index is 594. The van der Waals surface area contributed by atoms with Crippen molar-refractivity contribution in [3.05, 3.63) is 64.2 Å². The van der Waals surface area contributed by atoms with Gasteiger partial charge in [0.05, 0.1) is 0 Å². The molecule has 0 radical (unpaired) electrons. The Labute approximate surface area is 123 Å². The highest BCUT2D eigenvalue weighted by molar-refractivity contribution is 7.80. The lowest BCUT2D eigenvalue weighted by Crippen LogP contribution is -2.11. The SMILES string of the molecule is Cc1cc(NCc2ccc(Cl)cc2)ccc1C(N)=S. The van der Waals surface area contributed by atoms with Crippen molar-refractivity contribution in [1.29, 1.82) is 0 Å². The number of aryl methyl sites for hydroxylation is 1. The summed E-state index contributed by atoms with van der Waals surface area (Å²) in [5.41, 5.74) is 9.87. The average Bonchev–Trinajstić information content (AvgIpc) is 2.37. The molecule has 0 saturated carbocycles. The van der Waals surface area contributed by atoms with Crippen molar-refractivity contribution in [3.8, 4) is 0 Å². The second kappa shape index (κ2) is 6.04. The molecule has 4 heteroatoms. The molecule has 2 nitrogen and oxygen atoms in total. The van der Waals surface area contributed by atoms with E-state index >= 15 is 0 Å². The molecule has 0 spiro atoms. The molecular weight excluding hydrogens is 276 g/mol.